The molecule has 0 aliphatic rings. The van der Waals surface area contributed by atoms with Gasteiger partial charge in [0, 0.05) is 22.4 Å². The third-order valence-electron chi connectivity index (χ3n) is 2.46. The van der Waals surface area contributed by atoms with E-state index < -0.39 is 5.60 Å². The summed E-state index contributed by atoms with van der Waals surface area (Å²) in [4.78, 5) is 8.10. The van der Waals surface area contributed by atoms with Crippen LogP contribution in [0.25, 0.3) is 0 Å². The Morgan fingerprint density at radius 1 is 1.25 bits per heavy atom. The maximum atomic E-state index is 10.5. The van der Waals surface area contributed by atoms with Crippen molar-refractivity contribution < 1.29 is 5.11 Å². The van der Waals surface area contributed by atoms with E-state index in [4.69, 9.17) is 0 Å². The molecule has 2 rings (SSSR count). The van der Waals surface area contributed by atoms with Gasteiger partial charge in [-0.3, -0.25) is 9.97 Å². The lowest BCUT2D eigenvalue weighted by Gasteiger charge is -2.23. The minimum absolute atomic E-state index is 0.530. The monoisotopic (exact) mass is 278 g/mol. The van der Waals surface area contributed by atoms with Gasteiger partial charge in [0.05, 0.1) is 11.9 Å². The van der Waals surface area contributed by atoms with Gasteiger partial charge in [-0.15, -0.1) is 0 Å². The molecular weight excluding hydrogens is 268 g/mol. The molecular formula is C12H11BrN2O. The van der Waals surface area contributed by atoms with Crippen molar-refractivity contribution in [3.05, 3.63) is 58.6 Å². The summed E-state index contributed by atoms with van der Waals surface area (Å²) in [5.74, 6) is 0. The van der Waals surface area contributed by atoms with Gasteiger partial charge in [-0.1, -0.05) is 34.1 Å². The largest absolute Gasteiger partial charge is 0.379 e. The van der Waals surface area contributed by atoms with Crippen LogP contribution >= 0.6 is 15.9 Å². The lowest BCUT2D eigenvalue weighted by atomic mass is 9.93. The summed E-state index contributed by atoms with van der Waals surface area (Å²) < 4.78 is 0.852. The van der Waals surface area contributed by atoms with E-state index in [0.717, 1.165) is 10.0 Å². The minimum atomic E-state index is -1.14. The second-order valence-electron chi connectivity index (χ2n) is 3.64. The van der Waals surface area contributed by atoms with Crippen LogP contribution in [0.15, 0.2) is 47.3 Å². The van der Waals surface area contributed by atoms with Crippen LogP contribution in [0.4, 0.5) is 0 Å². The zero-order chi connectivity index (χ0) is 11.6. The molecule has 0 spiro atoms. The molecule has 1 atom stereocenters. The molecule has 1 N–H and O–H groups in total. The fourth-order valence-corrected chi connectivity index (χ4v) is 2.22. The Morgan fingerprint density at radius 3 is 2.62 bits per heavy atom. The Kier molecular flexibility index (Phi) is 3.03. The summed E-state index contributed by atoms with van der Waals surface area (Å²) in [6.45, 7) is 1.71. The van der Waals surface area contributed by atoms with Crippen LogP contribution in [0.1, 0.15) is 18.2 Å². The standard InChI is InChI=1S/C12H11BrN2O/c1-12(16,11-8-14-6-7-15-11)9-4-2-3-5-10(9)13/h2-8,16H,1H3. The molecule has 0 aliphatic heterocycles. The van der Waals surface area contributed by atoms with Crippen LogP contribution in [0, 0.1) is 0 Å². The second kappa shape index (κ2) is 4.31. The maximum Gasteiger partial charge on any atom is 0.131 e. The number of aliphatic hydroxyl groups is 1. The van der Waals surface area contributed by atoms with Gasteiger partial charge in [-0.2, -0.15) is 0 Å². The summed E-state index contributed by atoms with van der Waals surface area (Å²) in [6.07, 6.45) is 4.72. The number of benzene rings is 1. The van der Waals surface area contributed by atoms with E-state index in [-0.39, 0.29) is 0 Å². The van der Waals surface area contributed by atoms with Gasteiger partial charge in [-0.05, 0) is 13.0 Å². The molecule has 0 aliphatic carbocycles. The highest BCUT2D eigenvalue weighted by Crippen LogP contribution is 2.32. The van der Waals surface area contributed by atoms with E-state index in [2.05, 4.69) is 25.9 Å². The summed E-state index contributed by atoms with van der Waals surface area (Å²) in [7, 11) is 0. The van der Waals surface area contributed by atoms with Crippen molar-refractivity contribution in [2.45, 2.75) is 12.5 Å². The van der Waals surface area contributed by atoms with Crippen molar-refractivity contribution in [3.63, 3.8) is 0 Å². The van der Waals surface area contributed by atoms with Crippen molar-refractivity contribution in [1.82, 2.24) is 9.97 Å². The van der Waals surface area contributed by atoms with Gasteiger partial charge in [-0.25, -0.2) is 0 Å². The molecule has 16 heavy (non-hydrogen) atoms. The molecule has 3 nitrogen and oxygen atoms in total. The molecule has 2 aromatic rings. The Bertz CT molecular complexity index is 485. The Labute approximate surface area is 102 Å². The molecule has 0 saturated heterocycles. The van der Waals surface area contributed by atoms with E-state index in [1.165, 1.54) is 0 Å². The second-order valence-corrected chi connectivity index (χ2v) is 4.50. The SMILES string of the molecule is CC(O)(c1cnccn1)c1ccccc1Br. The van der Waals surface area contributed by atoms with E-state index in [1.54, 1.807) is 25.5 Å². The molecule has 82 valence electrons. The lowest BCUT2D eigenvalue weighted by molar-refractivity contribution is 0.0962. The first kappa shape index (κ1) is 11.2. The van der Waals surface area contributed by atoms with Crippen LogP contribution in [0.2, 0.25) is 0 Å². The molecule has 4 heteroatoms. The topological polar surface area (TPSA) is 46.0 Å². The highest BCUT2D eigenvalue weighted by atomic mass is 79.9. The Balaban J connectivity index is 2.51. The number of halogens is 1. The predicted octanol–water partition coefficient (Wildman–Crippen LogP) is 2.49. The van der Waals surface area contributed by atoms with Crippen molar-refractivity contribution in [1.29, 1.82) is 0 Å². The number of hydrogen-bond donors (Lipinski definition) is 1. The molecule has 0 radical (unpaired) electrons. The van der Waals surface area contributed by atoms with E-state index in [9.17, 15) is 5.11 Å². The average molecular weight is 279 g/mol. The third-order valence-corrected chi connectivity index (χ3v) is 3.15. The fraction of sp³-hybridized carbons (Fsp3) is 0.167. The number of aromatic nitrogens is 2. The smallest absolute Gasteiger partial charge is 0.131 e. The van der Waals surface area contributed by atoms with Crippen LogP contribution in [-0.2, 0) is 5.60 Å². The molecule has 1 aromatic carbocycles. The summed E-state index contributed by atoms with van der Waals surface area (Å²) in [5.41, 5.74) is 0.159. The normalized spacial score (nSPS) is 14.4. The van der Waals surface area contributed by atoms with Gasteiger partial charge in [0.1, 0.15) is 5.60 Å². The fourth-order valence-electron chi connectivity index (χ4n) is 1.54. The summed E-state index contributed by atoms with van der Waals surface area (Å²) in [5, 5.41) is 10.5. The predicted molar refractivity (Wildman–Crippen MR) is 64.8 cm³/mol. The van der Waals surface area contributed by atoms with Crippen LogP contribution in [0.5, 0.6) is 0 Å². The van der Waals surface area contributed by atoms with Crippen LogP contribution in [-0.4, -0.2) is 15.1 Å². The molecule has 0 saturated carbocycles. The van der Waals surface area contributed by atoms with Crippen LogP contribution < -0.4 is 0 Å². The third kappa shape index (κ3) is 1.99. The first-order valence-electron chi connectivity index (χ1n) is 4.86. The molecule has 1 heterocycles. The zero-order valence-corrected chi connectivity index (χ0v) is 10.3. The molecule has 1 unspecified atom stereocenters. The summed E-state index contributed by atoms with van der Waals surface area (Å²) >= 11 is 3.42. The molecule has 0 amide bonds. The van der Waals surface area contributed by atoms with E-state index in [0.29, 0.717) is 5.69 Å². The van der Waals surface area contributed by atoms with E-state index in [1.807, 2.05) is 24.3 Å². The Morgan fingerprint density at radius 2 is 2.00 bits per heavy atom. The minimum Gasteiger partial charge on any atom is -0.379 e. The summed E-state index contributed by atoms with van der Waals surface area (Å²) in [6, 6.07) is 7.53. The first-order chi connectivity index (χ1) is 7.62. The van der Waals surface area contributed by atoms with Crippen LogP contribution in [0.3, 0.4) is 0 Å². The van der Waals surface area contributed by atoms with E-state index >= 15 is 0 Å². The van der Waals surface area contributed by atoms with Crippen molar-refractivity contribution in [2.24, 2.45) is 0 Å². The van der Waals surface area contributed by atoms with Gasteiger partial charge in [0.25, 0.3) is 0 Å². The van der Waals surface area contributed by atoms with Gasteiger partial charge < -0.3 is 5.11 Å². The quantitative estimate of drug-likeness (QED) is 0.918. The highest BCUT2D eigenvalue weighted by Gasteiger charge is 2.29. The van der Waals surface area contributed by atoms with Gasteiger partial charge in [0.2, 0.25) is 0 Å². The molecule has 0 bridgehead atoms. The lowest BCUT2D eigenvalue weighted by Crippen LogP contribution is -2.24. The molecule has 1 aromatic heterocycles. The van der Waals surface area contributed by atoms with Crippen molar-refractivity contribution in [3.8, 4) is 0 Å². The number of nitrogens with zero attached hydrogens (tertiary/aromatic N) is 2. The number of hydrogen-bond acceptors (Lipinski definition) is 3. The zero-order valence-electron chi connectivity index (χ0n) is 8.76. The molecule has 0 fully saturated rings. The first-order valence-corrected chi connectivity index (χ1v) is 5.65. The Hall–Kier alpha value is -1.26. The highest BCUT2D eigenvalue weighted by molar-refractivity contribution is 9.10. The van der Waals surface area contributed by atoms with Gasteiger partial charge >= 0.3 is 0 Å². The van der Waals surface area contributed by atoms with Crippen molar-refractivity contribution in [2.75, 3.05) is 0 Å². The van der Waals surface area contributed by atoms with Gasteiger partial charge in [0.15, 0.2) is 0 Å². The maximum absolute atomic E-state index is 10.5. The average Bonchev–Trinajstić information content (AvgIpc) is 2.30. The van der Waals surface area contributed by atoms with Crippen molar-refractivity contribution >= 4 is 15.9 Å². The number of rotatable bonds is 2.